The Kier molecular flexibility index (Phi) is 4.85. The maximum atomic E-state index is 11.1. The molecule has 156 valence electrons. The van der Waals surface area contributed by atoms with E-state index in [1.807, 2.05) is 0 Å². The first-order valence-corrected chi connectivity index (χ1v) is 9.23. The molecule has 0 spiro atoms. The normalized spacial score (nSPS) is 15.1. The summed E-state index contributed by atoms with van der Waals surface area (Å²) in [6.07, 6.45) is -1.04. The van der Waals surface area contributed by atoms with Crippen LogP contribution in [0.1, 0.15) is 27.2 Å². The highest BCUT2D eigenvalue weighted by Gasteiger charge is 2.33. The Balaban J connectivity index is 1.93. The number of carboxylic acid groups (broad SMARTS) is 1. The number of benzene rings is 2. The summed E-state index contributed by atoms with van der Waals surface area (Å²) < 4.78 is 12.6. The van der Waals surface area contributed by atoms with Gasteiger partial charge in [0.25, 0.3) is 0 Å². The van der Waals surface area contributed by atoms with Crippen molar-refractivity contribution >= 4 is 11.5 Å². The first-order valence-electron chi connectivity index (χ1n) is 9.23. The van der Waals surface area contributed by atoms with Gasteiger partial charge >= 0.3 is 5.97 Å². The van der Waals surface area contributed by atoms with Crippen LogP contribution in [0.3, 0.4) is 0 Å². The van der Waals surface area contributed by atoms with Gasteiger partial charge in [-0.3, -0.25) is 5.73 Å². The zero-order valence-electron chi connectivity index (χ0n) is 16.7. The fourth-order valence-corrected chi connectivity index (χ4v) is 3.53. The number of hydrogen-bond acceptors (Lipinski definition) is 7. The number of aromatic carboxylic acids is 1. The van der Waals surface area contributed by atoms with Gasteiger partial charge in [-0.2, -0.15) is 10.4 Å². The summed E-state index contributed by atoms with van der Waals surface area (Å²) in [7, 11) is 1.43. The highest BCUT2D eigenvalue weighted by atomic mass is 16.5. The fourth-order valence-electron chi connectivity index (χ4n) is 3.53. The van der Waals surface area contributed by atoms with Gasteiger partial charge in [0.15, 0.2) is 17.7 Å². The molecule has 0 fully saturated rings. The highest BCUT2D eigenvalue weighted by Crippen LogP contribution is 2.43. The number of aromatic hydroxyl groups is 1. The van der Waals surface area contributed by atoms with Gasteiger partial charge in [-0.15, -0.1) is 0 Å². The van der Waals surface area contributed by atoms with E-state index in [0.717, 1.165) is 0 Å². The van der Waals surface area contributed by atoms with Crippen LogP contribution < -0.4 is 15.2 Å². The van der Waals surface area contributed by atoms with Crippen molar-refractivity contribution in [3.8, 4) is 29.1 Å². The first-order chi connectivity index (χ1) is 14.8. The summed E-state index contributed by atoms with van der Waals surface area (Å²) in [5.41, 5.74) is 9.37. The molecule has 0 amide bonds. The summed E-state index contributed by atoms with van der Waals surface area (Å²) in [6, 6.07) is 13.0. The third-order valence-electron chi connectivity index (χ3n) is 5.01. The lowest BCUT2D eigenvalue weighted by atomic mass is 9.91. The number of fused-ring (bicyclic) bond motifs is 1. The van der Waals surface area contributed by atoms with E-state index in [0.29, 0.717) is 34.0 Å². The van der Waals surface area contributed by atoms with Crippen molar-refractivity contribution in [2.75, 3.05) is 7.11 Å². The summed E-state index contributed by atoms with van der Waals surface area (Å²) in [6.45, 7) is 1.77. The number of nitriles is 1. The molecule has 1 unspecified atom stereocenters. The van der Waals surface area contributed by atoms with Crippen molar-refractivity contribution in [3.63, 3.8) is 0 Å². The Bertz CT molecular complexity index is 1270. The number of ether oxygens (including phenoxy) is 2. The van der Waals surface area contributed by atoms with Gasteiger partial charge in [0.2, 0.25) is 5.88 Å². The fraction of sp³-hybridized carbons (Fsp3) is 0.136. The lowest BCUT2D eigenvalue weighted by Crippen LogP contribution is -2.33. The number of carboxylic acids is 1. The third kappa shape index (κ3) is 3.25. The van der Waals surface area contributed by atoms with Gasteiger partial charge in [0.05, 0.1) is 35.2 Å². The Morgan fingerprint density at radius 2 is 2.00 bits per heavy atom. The SMILES string of the molecule is COc1cc(C2=C(C#N)C(N)Oc3c2c(C)nn3-c2ccc(C(=O)O)cc2)ccc1O. The molecule has 4 N–H and O–H groups in total. The number of aryl methyl sites for hydroxylation is 1. The van der Waals surface area contributed by atoms with Crippen LogP contribution in [0.25, 0.3) is 11.3 Å². The number of nitrogens with zero attached hydrogens (tertiary/aromatic N) is 3. The molecule has 0 radical (unpaired) electrons. The number of phenols is 1. The van der Waals surface area contributed by atoms with E-state index in [-0.39, 0.29) is 22.6 Å². The van der Waals surface area contributed by atoms with Crippen LogP contribution in [0.2, 0.25) is 0 Å². The van der Waals surface area contributed by atoms with Crippen LogP contribution in [0, 0.1) is 18.3 Å². The number of nitrogens with two attached hydrogens (primary N) is 1. The summed E-state index contributed by atoms with van der Waals surface area (Å²) >= 11 is 0. The maximum Gasteiger partial charge on any atom is 0.335 e. The van der Waals surface area contributed by atoms with Gasteiger partial charge in [-0.05, 0) is 48.9 Å². The van der Waals surface area contributed by atoms with E-state index in [9.17, 15) is 15.2 Å². The van der Waals surface area contributed by atoms with Crippen LogP contribution in [0.5, 0.6) is 17.4 Å². The van der Waals surface area contributed by atoms with Crippen LogP contribution in [-0.4, -0.2) is 39.3 Å². The van der Waals surface area contributed by atoms with Crippen molar-refractivity contribution in [1.82, 2.24) is 9.78 Å². The average molecular weight is 418 g/mol. The van der Waals surface area contributed by atoms with Gasteiger partial charge < -0.3 is 19.7 Å². The van der Waals surface area contributed by atoms with E-state index < -0.39 is 12.2 Å². The molecular weight excluding hydrogens is 400 g/mol. The Morgan fingerprint density at radius 1 is 1.29 bits per heavy atom. The van der Waals surface area contributed by atoms with E-state index in [1.54, 1.807) is 31.2 Å². The number of hydrogen-bond donors (Lipinski definition) is 3. The minimum absolute atomic E-state index is 0.0344. The van der Waals surface area contributed by atoms with Gasteiger partial charge in [-0.1, -0.05) is 6.07 Å². The smallest absolute Gasteiger partial charge is 0.335 e. The highest BCUT2D eigenvalue weighted by molar-refractivity contribution is 5.90. The maximum absolute atomic E-state index is 11.1. The van der Waals surface area contributed by atoms with Crippen molar-refractivity contribution in [2.45, 2.75) is 13.2 Å². The lowest BCUT2D eigenvalue weighted by molar-refractivity contribution is 0.0697. The standard InChI is InChI=1S/C22H18N4O5/c1-11-18-19(13-5-8-16(27)17(9-13)30-2)15(10-23)20(24)31-21(18)26(25-11)14-6-3-12(4-7-14)22(28)29/h3-9,20,27H,24H2,1-2H3,(H,28,29). The summed E-state index contributed by atoms with van der Waals surface area (Å²) in [4.78, 5) is 11.1. The monoisotopic (exact) mass is 418 g/mol. The Hall–Kier alpha value is -4.29. The second kappa shape index (κ2) is 7.51. The molecule has 1 atom stereocenters. The number of carbonyl (C=O) groups is 1. The molecule has 1 aliphatic heterocycles. The van der Waals surface area contributed by atoms with E-state index >= 15 is 0 Å². The second-order valence-corrected chi connectivity index (χ2v) is 6.85. The summed E-state index contributed by atoms with van der Waals surface area (Å²) in [5, 5.41) is 33.4. The van der Waals surface area contributed by atoms with Gasteiger partial charge in [0.1, 0.15) is 6.07 Å². The van der Waals surface area contributed by atoms with Crippen LogP contribution in [-0.2, 0) is 0 Å². The zero-order chi connectivity index (χ0) is 22.3. The van der Waals surface area contributed by atoms with Crippen molar-refractivity contribution in [2.24, 2.45) is 5.73 Å². The molecular formula is C22H18N4O5. The molecule has 31 heavy (non-hydrogen) atoms. The van der Waals surface area contributed by atoms with E-state index in [4.69, 9.17) is 20.3 Å². The molecule has 0 bridgehead atoms. The number of aromatic nitrogens is 2. The number of rotatable bonds is 4. The zero-order valence-corrected chi connectivity index (χ0v) is 16.7. The molecule has 2 heterocycles. The van der Waals surface area contributed by atoms with Crippen LogP contribution >= 0.6 is 0 Å². The van der Waals surface area contributed by atoms with Gasteiger partial charge in [-0.25, -0.2) is 9.48 Å². The summed E-state index contributed by atoms with van der Waals surface area (Å²) in [5.74, 6) is -0.492. The molecule has 3 aromatic rings. The molecule has 1 aliphatic rings. The largest absolute Gasteiger partial charge is 0.504 e. The molecule has 9 heteroatoms. The molecule has 1 aromatic heterocycles. The molecule has 9 nitrogen and oxygen atoms in total. The Morgan fingerprint density at radius 3 is 2.61 bits per heavy atom. The molecule has 0 aliphatic carbocycles. The van der Waals surface area contributed by atoms with Crippen LogP contribution in [0.4, 0.5) is 0 Å². The lowest BCUT2D eigenvalue weighted by Gasteiger charge is -2.25. The second-order valence-electron chi connectivity index (χ2n) is 6.85. The number of methoxy groups -OCH3 is 1. The minimum Gasteiger partial charge on any atom is -0.504 e. The minimum atomic E-state index is -1.04. The Labute approximate surface area is 177 Å². The number of phenolic OH excluding ortho intramolecular Hbond substituents is 1. The van der Waals surface area contributed by atoms with E-state index in [1.165, 1.54) is 30.0 Å². The van der Waals surface area contributed by atoms with Crippen molar-refractivity contribution in [1.29, 1.82) is 5.26 Å². The topological polar surface area (TPSA) is 144 Å². The average Bonchev–Trinajstić information content (AvgIpc) is 3.09. The third-order valence-corrected chi connectivity index (χ3v) is 5.01. The molecule has 2 aromatic carbocycles. The molecule has 4 rings (SSSR count). The van der Waals surface area contributed by atoms with Crippen molar-refractivity contribution < 1.29 is 24.5 Å². The van der Waals surface area contributed by atoms with Crippen molar-refractivity contribution in [3.05, 3.63) is 70.4 Å². The first kappa shape index (κ1) is 20.0. The van der Waals surface area contributed by atoms with Gasteiger partial charge in [0, 0.05) is 5.57 Å². The van der Waals surface area contributed by atoms with E-state index in [2.05, 4.69) is 11.2 Å². The molecule has 0 saturated carbocycles. The van der Waals surface area contributed by atoms with Crippen LogP contribution in [0.15, 0.2) is 48.0 Å². The predicted molar refractivity (Wildman–Crippen MR) is 110 cm³/mol. The molecule has 0 saturated heterocycles. The predicted octanol–water partition coefficient (Wildman–Crippen LogP) is 2.60. The quantitative estimate of drug-likeness (QED) is 0.586.